The number of para-hydroxylation sites is 1. The Balaban J connectivity index is 1.90. The number of nitrogens with one attached hydrogen (secondary N) is 1. The summed E-state index contributed by atoms with van der Waals surface area (Å²) in [6, 6.07) is 11.5. The first-order valence-electron chi connectivity index (χ1n) is 9.89. The minimum absolute atomic E-state index is 0.0331. The fraction of sp³-hybridized carbons (Fsp3) is 0.409. The Bertz CT molecular complexity index is 925. The number of furan rings is 1. The number of aromatic nitrogens is 2. The van der Waals surface area contributed by atoms with Crippen molar-refractivity contribution in [1.82, 2.24) is 15.3 Å². The number of benzene rings is 1. The monoisotopic (exact) mass is 396 g/mol. The standard InChI is InChI=1S/C22H28N4O3/c1-16(2)15-23-20(27)10-11-26(12-14-28-3)22-17-7-4-5-8-18(17)24-21(25-22)19-9-6-13-29-19/h4-9,13,16H,10-12,14-15H2,1-3H3,(H,23,27). The average molecular weight is 396 g/mol. The second-order valence-corrected chi connectivity index (χ2v) is 7.29. The van der Waals surface area contributed by atoms with Crippen LogP contribution in [0.15, 0.2) is 47.1 Å². The van der Waals surface area contributed by atoms with Crippen LogP contribution in [0.1, 0.15) is 20.3 Å². The van der Waals surface area contributed by atoms with Crippen molar-refractivity contribution >= 4 is 22.6 Å². The first-order valence-corrected chi connectivity index (χ1v) is 9.89. The molecule has 1 N–H and O–H groups in total. The minimum Gasteiger partial charge on any atom is -0.461 e. The number of carbonyl (C=O) groups excluding carboxylic acids is 1. The van der Waals surface area contributed by atoms with Crippen molar-refractivity contribution in [2.45, 2.75) is 20.3 Å². The second-order valence-electron chi connectivity index (χ2n) is 7.29. The molecule has 0 bridgehead atoms. The van der Waals surface area contributed by atoms with E-state index in [1.165, 1.54) is 0 Å². The van der Waals surface area contributed by atoms with Crippen LogP contribution in [-0.4, -0.2) is 49.2 Å². The Kier molecular flexibility index (Phi) is 7.19. The zero-order chi connectivity index (χ0) is 20.6. The normalized spacial score (nSPS) is 11.2. The van der Waals surface area contributed by atoms with Gasteiger partial charge in [0.15, 0.2) is 11.6 Å². The fourth-order valence-electron chi connectivity index (χ4n) is 2.98. The van der Waals surface area contributed by atoms with Gasteiger partial charge in [-0.2, -0.15) is 0 Å². The van der Waals surface area contributed by atoms with Crippen LogP contribution in [0.2, 0.25) is 0 Å². The van der Waals surface area contributed by atoms with E-state index >= 15 is 0 Å². The van der Waals surface area contributed by atoms with Gasteiger partial charge >= 0.3 is 0 Å². The number of hydrogen-bond donors (Lipinski definition) is 1. The number of nitrogens with zero attached hydrogens (tertiary/aromatic N) is 3. The molecule has 3 aromatic rings. The number of methoxy groups -OCH3 is 1. The summed E-state index contributed by atoms with van der Waals surface area (Å²) in [7, 11) is 1.67. The molecule has 1 amide bonds. The predicted octanol–water partition coefficient (Wildman–Crippen LogP) is 3.50. The molecule has 0 aliphatic carbocycles. The first-order chi connectivity index (χ1) is 14.1. The summed E-state index contributed by atoms with van der Waals surface area (Å²) >= 11 is 0. The van der Waals surface area contributed by atoms with Crippen LogP contribution in [0.4, 0.5) is 5.82 Å². The Labute approximate surface area is 171 Å². The van der Waals surface area contributed by atoms with Gasteiger partial charge < -0.3 is 19.4 Å². The molecule has 2 aromatic heterocycles. The van der Waals surface area contributed by atoms with Crippen molar-refractivity contribution in [3.8, 4) is 11.6 Å². The van der Waals surface area contributed by atoms with Crippen LogP contribution in [0.3, 0.4) is 0 Å². The van der Waals surface area contributed by atoms with E-state index in [1.807, 2.05) is 36.4 Å². The number of anilines is 1. The van der Waals surface area contributed by atoms with Gasteiger partial charge in [-0.3, -0.25) is 4.79 Å². The Morgan fingerprint density at radius 2 is 2.00 bits per heavy atom. The number of fused-ring (bicyclic) bond motifs is 1. The zero-order valence-electron chi connectivity index (χ0n) is 17.2. The molecule has 0 fully saturated rings. The van der Waals surface area contributed by atoms with E-state index in [2.05, 4.69) is 29.0 Å². The third-order valence-corrected chi connectivity index (χ3v) is 4.51. The Morgan fingerprint density at radius 1 is 1.17 bits per heavy atom. The molecular formula is C22H28N4O3. The molecule has 0 radical (unpaired) electrons. The molecular weight excluding hydrogens is 368 g/mol. The van der Waals surface area contributed by atoms with E-state index in [-0.39, 0.29) is 5.91 Å². The maximum absolute atomic E-state index is 12.3. The van der Waals surface area contributed by atoms with Crippen LogP contribution in [0, 0.1) is 5.92 Å². The molecule has 0 saturated heterocycles. The molecule has 0 aliphatic heterocycles. The Morgan fingerprint density at radius 3 is 2.72 bits per heavy atom. The molecule has 0 aliphatic rings. The van der Waals surface area contributed by atoms with E-state index in [9.17, 15) is 4.79 Å². The maximum Gasteiger partial charge on any atom is 0.221 e. The SMILES string of the molecule is COCCN(CCC(=O)NCC(C)C)c1nc(-c2ccco2)nc2ccccc12. The summed E-state index contributed by atoms with van der Waals surface area (Å²) < 4.78 is 10.8. The van der Waals surface area contributed by atoms with Crippen LogP contribution in [0.5, 0.6) is 0 Å². The molecule has 7 heteroatoms. The third-order valence-electron chi connectivity index (χ3n) is 4.51. The zero-order valence-corrected chi connectivity index (χ0v) is 17.2. The molecule has 154 valence electrons. The average Bonchev–Trinajstić information content (AvgIpc) is 3.26. The van der Waals surface area contributed by atoms with Gasteiger partial charge in [-0.15, -0.1) is 0 Å². The van der Waals surface area contributed by atoms with Crippen molar-refractivity contribution in [1.29, 1.82) is 0 Å². The lowest BCUT2D eigenvalue weighted by Gasteiger charge is -2.25. The highest BCUT2D eigenvalue weighted by molar-refractivity contribution is 5.91. The molecule has 0 atom stereocenters. The van der Waals surface area contributed by atoms with Gasteiger partial charge in [-0.25, -0.2) is 9.97 Å². The molecule has 7 nitrogen and oxygen atoms in total. The van der Waals surface area contributed by atoms with E-state index in [0.717, 1.165) is 16.7 Å². The summed E-state index contributed by atoms with van der Waals surface area (Å²) in [6.45, 7) is 6.51. The lowest BCUT2D eigenvalue weighted by Crippen LogP contribution is -2.34. The smallest absolute Gasteiger partial charge is 0.221 e. The van der Waals surface area contributed by atoms with Crippen LogP contribution < -0.4 is 10.2 Å². The lowest BCUT2D eigenvalue weighted by atomic mass is 10.2. The summed E-state index contributed by atoms with van der Waals surface area (Å²) in [6.07, 6.45) is 1.99. The Hall–Kier alpha value is -2.93. The van der Waals surface area contributed by atoms with Crippen molar-refractivity contribution in [3.63, 3.8) is 0 Å². The lowest BCUT2D eigenvalue weighted by molar-refractivity contribution is -0.121. The van der Waals surface area contributed by atoms with Crippen LogP contribution in [0.25, 0.3) is 22.5 Å². The van der Waals surface area contributed by atoms with Gasteiger partial charge in [0.2, 0.25) is 5.91 Å². The van der Waals surface area contributed by atoms with Gasteiger partial charge in [0, 0.05) is 38.6 Å². The van der Waals surface area contributed by atoms with Crippen LogP contribution >= 0.6 is 0 Å². The minimum atomic E-state index is 0.0331. The molecule has 0 saturated carbocycles. The fourth-order valence-corrected chi connectivity index (χ4v) is 2.98. The van der Waals surface area contributed by atoms with E-state index in [0.29, 0.717) is 50.2 Å². The van der Waals surface area contributed by atoms with Crippen LogP contribution in [-0.2, 0) is 9.53 Å². The molecule has 1 aromatic carbocycles. The number of amides is 1. The van der Waals surface area contributed by atoms with Gasteiger partial charge in [0.1, 0.15) is 5.82 Å². The number of rotatable bonds is 10. The van der Waals surface area contributed by atoms with Crippen molar-refractivity contribution in [2.75, 3.05) is 38.3 Å². The quantitative estimate of drug-likeness (QED) is 0.565. The maximum atomic E-state index is 12.3. The predicted molar refractivity (Wildman–Crippen MR) is 114 cm³/mol. The highest BCUT2D eigenvalue weighted by Gasteiger charge is 2.17. The summed E-state index contributed by atoms with van der Waals surface area (Å²) in [4.78, 5) is 23.8. The number of hydrogen-bond acceptors (Lipinski definition) is 6. The van der Waals surface area contributed by atoms with E-state index in [1.54, 1.807) is 13.4 Å². The first kappa shape index (κ1) is 20.8. The van der Waals surface area contributed by atoms with Crippen molar-refractivity contribution in [2.24, 2.45) is 5.92 Å². The van der Waals surface area contributed by atoms with Crippen molar-refractivity contribution in [3.05, 3.63) is 42.7 Å². The van der Waals surface area contributed by atoms with Gasteiger partial charge in [0.05, 0.1) is 18.4 Å². The molecule has 2 heterocycles. The molecule has 0 spiro atoms. The van der Waals surface area contributed by atoms with E-state index < -0.39 is 0 Å². The second kappa shape index (κ2) is 10.0. The van der Waals surface area contributed by atoms with Gasteiger partial charge in [-0.1, -0.05) is 26.0 Å². The molecule has 3 rings (SSSR count). The largest absolute Gasteiger partial charge is 0.461 e. The highest BCUT2D eigenvalue weighted by Crippen LogP contribution is 2.27. The third kappa shape index (κ3) is 5.54. The molecule has 0 unspecified atom stereocenters. The van der Waals surface area contributed by atoms with Crippen molar-refractivity contribution < 1.29 is 13.9 Å². The molecule has 29 heavy (non-hydrogen) atoms. The summed E-state index contributed by atoms with van der Waals surface area (Å²) in [5, 5.41) is 3.90. The topological polar surface area (TPSA) is 80.5 Å². The number of ether oxygens (including phenoxy) is 1. The summed E-state index contributed by atoms with van der Waals surface area (Å²) in [5.74, 6) is 2.36. The van der Waals surface area contributed by atoms with Gasteiger partial charge in [0.25, 0.3) is 0 Å². The summed E-state index contributed by atoms with van der Waals surface area (Å²) in [5.41, 5.74) is 0.829. The highest BCUT2D eigenvalue weighted by atomic mass is 16.5. The van der Waals surface area contributed by atoms with Gasteiger partial charge in [-0.05, 0) is 30.2 Å². The van der Waals surface area contributed by atoms with E-state index in [4.69, 9.17) is 14.1 Å². The number of carbonyl (C=O) groups is 1.